The smallest absolute Gasteiger partial charge is 0.356 e. The van der Waals surface area contributed by atoms with Crippen molar-refractivity contribution in [3.63, 3.8) is 0 Å². The van der Waals surface area contributed by atoms with E-state index in [-0.39, 0.29) is 12.3 Å². The maximum Gasteiger partial charge on any atom is 0.356 e. The Labute approximate surface area is 105 Å². The number of ether oxygens (including phenoxy) is 1. The number of aryl methyl sites for hydroxylation is 2. The molecule has 0 aliphatic rings. The Morgan fingerprint density at radius 1 is 1.44 bits per heavy atom. The zero-order valence-electron chi connectivity index (χ0n) is 10.3. The number of aromatic carboxylic acids is 1. The van der Waals surface area contributed by atoms with Crippen molar-refractivity contribution in [1.29, 1.82) is 0 Å². The van der Waals surface area contributed by atoms with Crippen LogP contribution in [0.15, 0.2) is 30.5 Å². The number of para-hydroxylation sites is 1. The van der Waals surface area contributed by atoms with Gasteiger partial charge in [0.1, 0.15) is 18.2 Å². The normalized spacial score (nSPS) is 10.3. The Bertz CT molecular complexity index is 575. The van der Waals surface area contributed by atoms with Crippen molar-refractivity contribution >= 4 is 5.97 Å². The maximum atomic E-state index is 10.8. The summed E-state index contributed by atoms with van der Waals surface area (Å²) in [7, 11) is 1.75. The molecule has 5 nitrogen and oxygen atoms in total. The van der Waals surface area contributed by atoms with Gasteiger partial charge in [-0.2, -0.15) is 0 Å². The molecule has 94 valence electrons. The third-order valence-corrected chi connectivity index (χ3v) is 2.64. The molecule has 2 rings (SSSR count). The molecular weight excluding hydrogens is 232 g/mol. The molecule has 0 unspecified atom stereocenters. The van der Waals surface area contributed by atoms with Crippen molar-refractivity contribution in [2.45, 2.75) is 13.5 Å². The van der Waals surface area contributed by atoms with Crippen LogP contribution >= 0.6 is 0 Å². The minimum Gasteiger partial charge on any atom is -0.485 e. The van der Waals surface area contributed by atoms with Crippen molar-refractivity contribution in [2.75, 3.05) is 0 Å². The molecule has 1 heterocycles. The molecule has 1 aromatic heterocycles. The lowest BCUT2D eigenvalue weighted by Crippen LogP contribution is -2.04. The molecule has 5 heteroatoms. The van der Waals surface area contributed by atoms with Gasteiger partial charge in [0.05, 0.1) is 0 Å². The van der Waals surface area contributed by atoms with E-state index in [9.17, 15) is 4.79 Å². The molecule has 2 aromatic rings. The van der Waals surface area contributed by atoms with E-state index < -0.39 is 5.97 Å². The van der Waals surface area contributed by atoms with Gasteiger partial charge in [-0.15, -0.1) is 0 Å². The number of hydrogen-bond acceptors (Lipinski definition) is 3. The van der Waals surface area contributed by atoms with Crippen LogP contribution in [0.3, 0.4) is 0 Å². The first kappa shape index (κ1) is 12.2. The van der Waals surface area contributed by atoms with E-state index in [4.69, 9.17) is 9.84 Å². The summed E-state index contributed by atoms with van der Waals surface area (Å²) in [4.78, 5) is 14.8. The van der Waals surface area contributed by atoms with E-state index in [1.165, 1.54) is 6.20 Å². The van der Waals surface area contributed by atoms with Crippen LogP contribution in [0.25, 0.3) is 0 Å². The molecule has 0 atom stereocenters. The second kappa shape index (κ2) is 4.91. The Morgan fingerprint density at radius 2 is 2.17 bits per heavy atom. The largest absolute Gasteiger partial charge is 0.485 e. The number of hydrogen-bond donors (Lipinski definition) is 1. The lowest BCUT2D eigenvalue weighted by molar-refractivity contribution is 0.0690. The Hall–Kier alpha value is -2.30. The summed E-state index contributed by atoms with van der Waals surface area (Å²) in [5.41, 5.74) is 1.06. The maximum absolute atomic E-state index is 10.8. The second-order valence-electron chi connectivity index (χ2n) is 4.01. The first-order chi connectivity index (χ1) is 8.58. The van der Waals surface area contributed by atoms with Gasteiger partial charge in [-0.1, -0.05) is 18.2 Å². The van der Waals surface area contributed by atoms with Gasteiger partial charge in [0.15, 0.2) is 5.69 Å². The Morgan fingerprint density at radius 3 is 2.78 bits per heavy atom. The monoisotopic (exact) mass is 246 g/mol. The van der Waals surface area contributed by atoms with E-state index in [0.717, 1.165) is 11.3 Å². The quantitative estimate of drug-likeness (QED) is 0.896. The van der Waals surface area contributed by atoms with E-state index in [2.05, 4.69) is 4.98 Å². The van der Waals surface area contributed by atoms with Gasteiger partial charge in [0.2, 0.25) is 0 Å². The summed E-state index contributed by atoms with van der Waals surface area (Å²) in [6.45, 7) is 2.20. The lowest BCUT2D eigenvalue weighted by atomic mass is 10.2. The number of imidazole rings is 1. The fourth-order valence-corrected chi connectivity index (χ4v) is 1.60. The lowest BCUT2D eigenvalue weighted by Gasteiger charge is -2.08. The summed E-state index contributed by atoms with van der Waals surface area (Å²) in [6, 6.07) is 7.65. The summed E-state index contributed by atoms with van der Waals surface area (Å²) in [5, 5.41) is 8.84. The van der Waals surface area contributed by atoms with Crippen molar-refractivity contribution in [3.8, 4) is 5.75 Å². The molecule has 0 saturated heterocycles. The second-order valence-corrected chi connectivity index (χ2v) is 4.01. The molecule has 0 amide bonds. The topological polar surface area (TPSA) is 64.3 Å². The Balaban J connectivity index is 2.11. The first-order valence-corrected chi connectivity index (χ1v) is 5.52. The van der Waals surface area contributed by atoms with Crippen molar-refractivity contribution in [2.24, 2.45) is 7.05 Å². The van der Waals surface area contributed by atoms with Gasteiger partial charge in [0, 0.05) is 13.2 Å². The van der Waals surface area contributed by atoms with E-state index in [1.807, 2.05) is 31.2 Å². The highest BCUT2D eigenvalue weighted by Gasteiger charge is 2.11. The predicted octanol–water partition coefficient (Wildman–Crippen LogP) is 2.01. The zero-order valence-corrected chi connectivity index (χ0v) is 10.3. The van der Waals surface area contributed by atoms with E-state index >= 15 is 0 Å². The molecule has 0 aliphatic carbocycles. The Kier molecular flexibility index (Phi) is 3.32. The number of nitrogens with zero attached hydrogens (tertiary/aromatic N) is 2. The van der Waals surface area contributed by atoms with Crippen LogP contribution in [0.4, 0.5) is 0 Å². The highest BCUT2D eigenvalue weighted by atomic mass is 16.5. The number of carboxylic acids is 1. The van der Waals surface area contributed by atoms with E-state index in [0.29, 0.717) is 5.82 Å². The minimum atomic E-state index is -1.03. The van der Waals surface area contributed by atoms with Crippen LogP contribution in [0.5, 0.6) is 5.75 Å². The molecule has 0 fully saturated rings. The van der Waals surface area contributed by atoms with Crippen LogP contribution in [-0.2, 0) is 13.7 Å². The van der Waals surface area contributed by atoms with Crippen LogP contribution in [0.1, 0.15) is 21.9 Å². The van der Waals surface area contributed by atoms with Crippen molar-refractivity contribution in [3.05, 3.63) is 47.5 Å². The third kappa shape index (κ3) is 2.51. The van der Waals surface area contributed by atoms with Gasteiger partial charge < -0.3 is 14.4 Å². The number of rotatable bonds is 4. The standard InChI is InChI=1S/C13H14N2O3/c1-9-5-3-4-6-11(9)18-8-12-14-10(13(16)17)7-15(12)2/h3-7H,8H2,1-2H3,(H,16,17). The average Bonchev–Trinajstić information content (AvgIpc) is 2.70. The van der Waals surface area contributed by atoms with Crippen molar-refractivity contribution < 1.29 is 14.6 Å². The van der Waals surface area contributed by atoms with Gasteiger partial charge in [0.25, 0.3) is 0 Å². The summed E-state index contributed by atoms with van der Waals surface area (Å²) in [6.07, 6.45) is 1.47. The molecule has 0 radical (unpaired) electrons. The van der Waals surface area contributed by atoms with Crippen LogP contribution < -0.4 is 4.74 Å². The average molecular weight is 246 g/mol. The highest BCUT2D eigenvalue weighted by molar-refractivity contribution is 5.85. The van der Waals surface area contributed by atoms with Crippen LogP contribution in [-0.4, -0.2) is 20.6 Å². The number of aromatic nitrogens is 2. The molecule has 1 N–H and O–H groups in total. The fraction of sp³-hybridized carbons (Fsp3) is 0.231. The highest BCUT2D eigenvalue weighted by Crippen LogP contribution is 2.17. The molecule has 0 bridgehead atoms. The SMILES string of the molecule is Cc1ccccc1OCc1nc(C(=O)O)cn1C. The zero-order chi connectivity index (χ0) is 13.1. The molecule has 18 heavy (non-hydrogen) atoms. The van der Waals surface area contributed by atoms with Crippen LogP contribution in [0.2, 0.25) is 0 Å². The predicted molar refractivity (Wildman–Crippen MR) is 65.7 cm³/mol. The van der Waals surface area contributed by atoms with Crippen molar-refractivity contribution in [1.82, 2.24) is 9.55 Å². The molecule has 0 aliphatic heterocycles. The summed E-state index contributed by atoms with van der Waals surface area (Å²) < 4.78 is 7.27. The summed E-state index contributed by atoms with van der Waals surface area (Å²) >= 11 is 0. The van der Waals surface area contributed by atoms with Crippen LogP contribution in [0, 0.1) is 6.92 Å². The first-order valence-electron chi connectivity index (χ1n) is 5.52. The molecule has 1 aromatic carbocycles. The summed E-state index contributed by atoms with van der Waals surface area (Å²) in [5.74, 6) is 0.320. The minimum absolute atomic E-state index is 0.0286. The van der Waals surface area contributed by atoms with Gasteiger partial charge in [-0.05, 0) is 18.6 Å². The third-order valence-electron chi connectivity index (χ3n) is 2.64. The number of benzene rings is 1. The van der Waals surface area contributed by atoms with E-state index in [1.54, 1.807) is 11.6 Å². The van der Waals surface area contributed by atoms with Gasteiger partial charge in [-0.3, -0.25) is 0 Å². The van der Waals surface area contributed by atoms with Gasteiger partial charge >= 0.3 is 5.97 Å². The number of carbonyl (C=O) groups is 1. The van der Waals surface area contributed by atoms with Gasteiger partial charge in [-0.25, -0.2) is 9.78 Å². The molecule has 0 spiro atoms. The molecule has 0 saturated carbocycles. The number of carboxylic acid groups (broad SMARTS) is 1. The fourth-order valence-electron chi connectivity index (χ4n) is 1.60. The molecular formula is C13H14N2O3.